The molecule has 1 saturated carbocycles. The van der Waals surface area contributed by atoms with Crippen molar-refractivity contribution in [2.45, 2.75) is 24.8 Å². The van der Waals surface area contributed by atoms with Crippen LogP contribution in [0.3, 0.4) is 0 Å². The van der Waals surface area contributed by atoms with Gasteiger partial charge in [-0.2, -0.15) is 0 Å². The summed E-state index contributed by atoms with van der Waals surface area (Å²) in [7, 11) is 4.23. The summed E-state index contributed by atoms with van der Waals surface area (Å²) in [5.74, 6) is -0.00914. The quantitative estimate of drug-likeness (QED) is 0.836. The van der Waals surface area contributed by atoms with Gasteiger partial charge in [0, 0.05) is 16.6 Å². The van der Waals surface area contributed by atoms with Crippen LogP contribution in [0, 0.1) is 0 Å². The number of rotatable bonds is 6. The van der Waals surface area contributed by atoms with Gasteiger partial charge in [-0.05, 0) is 61.4 Å². The minimum Gasteiger partial charge on any atom is -0.324 e. The summed E-state index contributed by atoms with van der Waals surface area (Å²) >= 11 is 3.42. The molecule has 1 aromatic rings. The summed E-state index contributed by atoms with van der Waals surface area (Å²) in [6.07, 6.45) is 3.70. The third-order valence-electron chi connectivity index (χ3n) is 4.12. The van der Waals surface area contributed by atoms with Gasteiger partial charge in [0.15, 0.2) is 0 Å². The van der Waals surface area contributed by atoms with Crippen LogP contribution in [0.25, 0.3) is 0 Å². The maximum atomic E-state index is 11.9. The van der Waals surface area contributed by atoms with E-state index in [-0.39, 0.29) is 11.4 Å². The fourth-order valence-electron chi connectivity index (χ4n) is 2.53. The Hall–Kier alpha value is -0.910. The van der Waals surface area contributed by atoms with Gasteiger partial charge in [0.25, 0.3) is 0 Å². The molecule has 0 spiro atoms. The Morgan fingerprint density at radius 1 is 1.35 bits per heavy atom. The number of hydrogen-bond donors (Lipinski definition) is 2. The Morgan fingerprint density at radius 2 is 2.05 bits per heavy atom. The Bertz CT molecular complexity index is 472. The first-order valence-corrected chi connectivity index (χ1v) is 7.75. The van der Waals surface area contributed by atoms with E-state index >= 15 is 0 Å². The zero-order valence-corrected chi connectivity index (χ0v) is 13.7. The molecule has 1 aliphatic carbocycles. The number of carbonyl (C=O) groups is 1. The van der Waals surface area contributed by atoms with Crippen molar-refractivity contribution in [1.82, 2.24) is 10.2 Å². The number of hydrogen-bond acceptors (Lipinski definition) is 3. The van der Waals surface area contributed by atoms with E-state index in [0.29, 0.717) is 6.54 Å². The van der Waals surface area contributed by atoms with Gasteiger partial charge in [0.2, 0.25) is 5.91 Å². The topological polar surface area (TPSA) is 44.4 Å². The molecule has 1 aliphatic rings. The summed E-state index contributed by atoms with van der Waals surface area (Å²) in [6, 6.07) is 7.63. The monoisotopic (exact) mass is 339 g/mol. The third-order valence-corrected chi connectivity index (χ3v) is 4.81. The second-order valence-electron chi connectivity index (χ2n) is 5.60. The molecule has 5 heteroatoms. The molecule has 1 aromatic carbocycles. The molecule has 0 atom stereocenters. The van der Waals surface area contributed by atoms with Crippen molar-refractivity contribution in [2.75, 3.05) is 32.5 Å². The minimum absolute atomic E-state index is 0.00914. The van der Waals surface area contributed by atoms with Crippen molar-refractivity contribution < 1.29 is 4.79 Å². The summed E-state index contributed by atoms with van der Waals surface area (Å²) in [5, 5.41) is 6.18. The normalized spacial score (nSPS) is 16.8. The number of carbonyl (C=O) groups excluding carboxylic acids is 1. The van der Waals surface area contributed by atoms with Crippen molar-refractivity contribution in [3.8, 4) is 0 Å². The van der Waals surface area contributed by atoms with E-state index in [4.69, 9.17) is 0 Å². The molecule has 1 fully saturated rings. The highest BCUT2D eigenvalue weighted by Crippen LogP contribution is 2.35. The van der Waals surface area contributed by atoms with Gasteiger partial charge in [0.1, 0.15) is 0 Å². The molecule has 0 radical (unpaired) electrons. The van der Waals surface area contributed by atoms with Crippen LogP contribution in [0.15, 0.2) is 28.7 Å². The van der Waals surface area contributed by atoms with E-state index in [2.05, 4.69) is 45.6 Å². The van der Waals surface area contributed by atoms with E-state index in [0.717, 1.165) is 16.7 Å². The van der Waals surface area contributed by atoms with E-state index < -0.39 is 0 Å². The van der Waals surface area contributed by atoms with Crippen LogP contribution in [0.1, 0.15) is 19.3 Å². The first-order valence-electron chi connectivity index (χ1n) is 6.96. The van der Waals surface area contributed by atoms with Crippen LogP contribution in [0.5, 0.6) is 0 Å². The smallest absolute Gasteiger partial charge is 0.238 e. The summed E-state index contributed by atoms with van der Waals surface area (Å²) < 4.78 is 0.900. The zero-order chi connectivity index (χ0) is 14.6. The average Bonchev–Trinajstić information content (AvgIpc) is 2.35. The van der Waals surface area contributed by atoms with Gasteiger partial charge in [-0.1, -0.05) is 12.1 Å². The number of nitrogens with zero attached hydrogens (tertiary/aromatic N) is 1. The van der Waals surface area contributed by atoms with Crippen LogP contribution in [-0.2, 0) is 4.79 Å². The highest BCUT2D eigenvalue weighted by atomic mass is 79.9. The van der Waals surface area contributed by atoms with E-state index in [1.807, 2.05) is 24.3 Å². The number of nitrogens with one attached hydrogen (secondary N) is 2. The van der Waals surface area contributed by atoms with Crippen LogP contribution in [0.4, 0.5) is 5.69 Å². The SMILES string of the molecule is CN(C)C1(CNCC(=O)Nc2ccccc2Br)CCC1. The molecule has 0 saturated heterocycles. The van der Waals surface area contributed by atoms with Crippen molar-refractivity contribution >= 4 is 27.5 Å². The molecule has 2 rings (SSSR count). The van der Waals surface area contributed by atoms with Crippen LogP contribution in [-0.4, -0.2) is 43.5 Å². The molecule has 2 N–H and O–H groups in total. The second kappa shape index (κ2) is 6.70. The molecule has 0 unspecified atom stereocenters. The molecule has 0 heterocycles. The van der Waals surface area contributed by atoms with Crippen LogP contribution < -0.4 is 10.6 Å². The predicted molar refractivity (Wildman–Crippen MR) is 85.9 cm³/mol. The molecule has 1 amide bonds. The van der Waals surface area contributed by atoms with Crippen molar-refractivity contribution in [3.63, 3.8) is 0 Å². The first-order chi connectivity index (χ1) is 9.53. The lowest BCUT2D eigenvalue weighted by molar-refractivity contribution is -0.115. The lowest BCUT2D eigenvalue weighted by Crippen LogP contribution is -2.57. The number of amides is 1. The standard InChI is InChI=1S/C15H22BrN3O/c1-19(2)15(8-5-9-15)11-17-10-14(20)18-13-7-4-3-6-12(13)16/h3-4,6-7,17H,5,8-11H2,1-2H3,(H,18,20). The van der Waals surface area contributed by atoms with Gasteiger partial charge in [-0.3, -0.25) is 4.79 Å². The third kappa shape index (κ3) is 3.59. The maximum absolute atomic E-state index is 11.9. The van der Waals surface area contributed by atoms with Gasteiger partial charge >= 0.3 is 0 Å². The Labute approximate surface area is 129 Å². The molecule has 110 valence electrons. The fraction of sp³-hybridized carbons (Fsp3) is 0.533. The Balaban J connectivity index is 1.77. The Morgan fingerprint density at radius 3 is 2.60 bits per heavy atom. The first kappa shape index (κ1) is 15.5. The molecule has 4 nitrogen and oxygen atoms in total. The summed E-state index contributed by atoms with van der Waals surface area (Å²) in [4.78, 5) is 14.2. The van der Waals surface area contributed by atoms with Crippen molar-refractivity contribution in [1.29, 1.82) is 0 Å². The van der Waals surface area contributed by atoms with Crippen LogP contribution in [0.2, 0.25) is 0 Å². The minimum atomic E-state index is -0.00914. The highest BCUT2D eigenvalue weighted by molar-refractivity contribution is 9.10. The van der Waals surface area contributed by atoms with E-state index in [9.17, 15) is 4.79 Å². The van der Waals surface area contributed by atoms with Crippen molar-refractivity contribution in [2.24, 2.45) is 0 Å². The fourth-order valence-corrected chi connectivity index (χ4v) is 2.92. The largest absolute Gasteiger partial charge is 0.324 e. The second-order valence-corrected chi connectivity index (χ2v) is 6.46. The lowest BCUT2D eigenvalue weighted by atomic mass is 9.75. The number of benzene rings is 1. The molecular weight excluding hydrogens is 318 g/mol. The number of para-hydroxylation sites is 1. The number of halogens is 1. The van der Waals surface area contributed by atoms with Crippen LogP contribution >= 0.6 is 15.9 Å². The highest BCUT2D eigenvalue weighted by Gasteiger charge is 2.38. The molecule has 0 aliphatic heterocycles. The molecule has 0 aromatic heterocycles. The molecule has 20 heavy (non-hydrogen) atoms. The maximum Gasteiger partial charge on any atom is 0.238 e. The van der Waals surface area contributed by atoms with Gasteiger partial charge in [0.05, 0.1) is 12.2 Å². The molecule has 0 bridgehead atoms. The summed E-state index contributed by atoms with van der Waals surface area (Å²) in [6.45, 7) is 1.21. The van der Waals surface area contributed by atoms with Gasteiger partial charge < -0.3 is 15.5 Å². The van der Waals surface area contributed by atoms with Gasteiger partial charge in [-0.15, -0.1) is 0 Å². The van der Waals surface area contributed by atoms with E-state index in [1.165, 1.54) is 19.3 Å². The summed E-state index contributed by atoms with van der Waals surface area (Å²) in [5.41, 5.74) is 1.05. The lowest BCUT2D eigenvalue weighted by Gasteiger charge is -2.47. The van der Waals surface area contributed by atoms with Crippen molar-refractivity contribution in [3.05, 3.63) is 28.7 Å². The van der Waals surface area contributed by atoms with Gasteiger partial charge in [-0.25, -0.2) is 0 Å². The number of anilines is 1. The number of likely N-dealkylation sites (N-methyl/N-ethyl adjacent to an activating group) is 1. The van der Waals surface area contributed by atoms with E-state index in [1.54, 1.807) is 0 Å². The Kier molecular flexibility index (Phi) is 5.18. The molecular formula is C15H22BrN3O. The predicted octanol–water partition coefficient (Wildman–Crippen LogP) is 2.46. The zero-order valence-electron chi connectivity index (χ0n) is 12.1. The average molecular weight is 340 g/mol.